The number of aryl methyl sites for hydroxylation is 1. The average molecular weight is 1130 g/mol. The molecule has 1 amide bonds. The van der Waals surface area contributed by atoms with E-state index in [1.165, 1.54) is 24.3 Å². The number of carbonyl (C=O) groups excluding carboxylic acids is 1. The molecule has 4 aromatic heterocycles. The Kier molecular flexibility index (Phi) is 16.7. The van der Waals surface area contributed by atoms with Gasteiger partial charge in [-0.1, -0.05) is 73.6 Å². The molecule has 3 fully saturated rings. The van der Waals surface area contributed by atoms with Crippen LogP contribution in [0.5, 0.6) is 0 Å². The minimum atomic E-state index is -5.10. The van der Waals surface area contributed by atoms with Gasteiger partial charge in [-0.15, -0.1) is 0 Å². The summed E-state index contributed by atoms with van der Waals surface area (Å²) in [6.45, 7) is 8.24. The molecule has 0 saturated carbocycles. The molecular weight excluding hydrogens is 1070 g/mol. The quantitative estimate of drug-likeness (QED) is 0.0536. The summed E-state index contributed by atoms with van der Waals surface area (Å²) in [6, 6.07) is 10.2. The molecule has 1 aromatic carbocycles. The summed E-state index contributed by atoms with van der Waals surface area (Å²) < 4.78 is 110. The Morgan fingerprint density at radius 3 is 2.27 bits per heavy atom. The molecule has 402 valence electrons. The molecule has 0 spiro atoms. The molecule has 3 aliphatic rings. The lowest BCUT2D eigenvalue weighted by Crippen LogP contribution is -2.62. The highest BCUT2D eigenvalue weighted by Crippen LogP contribution is 2.58. The molecule has 0 aliphatic carbocycles. The van der Waals surface area contributed by atoms with Crippen LogP contribution in [0.1, 0.15) is 84.6 Å². The van der Waals surface area contributed by atoms with Crippen LogP contribution in [0.2, 0.25) is 22.2 Å². The van der Waals surface area contributed by atoms with Gasteiger partial charge in [0.15, 0.2) is 47.1 Å². The second-order valence-electron chi connectivity index (χ2n) is 19.3. The number of ether oxygens (including phenoxy) is 2. The lowest BCUT2D eigenvalue weighted by Gasteiger charge is -2.47. The van der Waals surface area contributed by atoms with Gasteiger partial charge in [-0.05, 0) is 46.1 Å². The van der Waals surface area contributed by atoms with Gasteiger partial charge in [0.1, 0.15) is 42.2 Å². The summed E-state index contributed by atoms with van der Waals surface area (Å²) in [6.07, 6.45) is -9.34. The van der Waals surface area contributed by atoms with Gasteiger partial charge in [0, 0.05) is 18.8 Å². The Morgan fingerprint density at radius 2 is 1.61 bits per heavy atom. The monoisotopic (exact) mass is 1130 g/mol. The SMILES string of the molecule is CC(C)[Si](O)(O[Si](O[C@H]1[C@H]2OP(=O)(OCCC#N)OCC3O[C@@H](n4cnc5c(NC(=O)c6ccccc6)ncnc54)[C@H](F)[C@@H]3OP(O)(=S)OC[C@@H]1O[C@H]2n1cc(F)c2c(=O)n(C)cnc21)(C(C)C)C(C)C)C(C)C. The van der Waals surface area contributed by atoms with E-state index in [-0.39, 0.29) is 40.1 Å². The van der Waals surface area contributed by atoms with Crippen molar-refractivity contribution in [2.24, 2.45) is 7.05 Å². The van der Waals surface area contributed by atoms with E-state index >= 15 is 13.3 Å². The summed E-state index contributed by atoms with van der Waals surface area (Å²) in [5.74, 6) is -1.49. The van der Waals surface area contributed by atoms with Crippen LogP contribution < -0.4 is 10.9 Å². The summed E-state index contributed by atoms with van der Waals surface area (Å²) in [5, 5.41) is 11.8. The number of benzene rings is 1. The van der Waals surface area contributed by atoms with Crippen LogP contribution >= 0.6 is 14.5 Å². The first kappa shape index (κ1) is 56.1. The maximum absolute atomic E-state index is 17.2. The first-order valence-corrected chi connectivity index (χ1v) is 31.9. The second kappa shape index (κ2) is 22.1. The van der Waals surface area contributed by atoms with Crippen LogP contribution in [0.15, 0.2) is 60.3 Å². The molecule has 10 atom stereocenters. The van der Waals surface area contributed by atoms with Gasteiger partial charge in [0.25, 0.3) is 11.5 Å². The molecule has 5 aromatic rings. The molecule has 3 saturated heterocycles. The largest absolute Gasteiger partial charge is 0.475 e. The molecule has 3 N–H and O–H groups in total. The molecule has 7 heterocycles. The van der Waals surface area contributed by atoms with Gasteiger partial charge in [-0.2, -0.15) is 5.26 Å². The number of nitriles is 1. The minimum Gasteiger partial charge on any atom is -0.414 e. The Morgan fingerprint density at radius 1 is 0.932 bits per heavy atom. The van der Waals surface area contributed by atoms with Gasteiger partial charge in [0.05, 0.1) is 45.0 Å². The normalized spacial score (nSPS) is 28.2. The molecule has 3 unspecified atom stereocenters. The van der Waals surface area contributed by atoms with Crippen molar-refractivity contribution in [2.75, 3.05) is 25.1 Å². The number of alkyl halides is 1. The fourth-order valence-electron chi connectivity index (χ4n) is 9.31. The molecule has 2 bridgehead atoms. The number of amides is 1. The maximum Gasteiger partial charge on any atom is 0.475 e. The van der Waals surface area contributed by atoms with Crippen molar-refractivity contribution in [1.82, 2.24) is 33.6 Å². The van der Waals surface area contributed by atoms with Gasteiger partial charge in [-0.3, -0.25) is 32.3 Å². The van der Waals surface area contributed by atoms with Gasteiger partial charge >= 0.3 is 31.7 Å². The van der Waals surface area contributed by atoms with E-state index in [0.29, 0.717) is 5.56 Å². The molecule has 0 radical (unpaired) electrons. The van der Waals surface area contributed by atoms with Crippen LogP contribution in [0, 0.1) is 17.1 Å². The van der Waals surface area contributed by atoms with E-state index in [1.54, 1.807) is 30.3 Å². The van der Waals surface area contributed by atoms with Crippen molar-refractivity contribution in [3.05, 3.63) is 77.2 Å². The number of halogens is 2. The third-order valence-electron chi connectivity index (χ3n) is 13.2. The number of hydrogen-bond acceptors (Lipinski definition) is 19. The van der Waals surface area contributed by atoms with Crippen molar-refractivity contribution in [3.8, 4) is 6.07 Å². The third-order valence-corrected chi connectivity index (χ3v) is 26.0. The fourth-order valence-corrected chi connectivity index (χ4v) is 22.0. The molecule has 3 aliphatic heterocycles. The smallest absolute Gasteiger partial charge is 0.414 e. The van der Waals surface area contributed by atoms with Crippen LogP contribution in [0.25, 0.3) is 22.2 Å². The van der Waals surface area contributed by atoms with E-state index in [1.807, 2.05) is 61.5 Å². The first-order valence-electron chi connectivity index (χ1n) is 23.8. The average Bonchev–Trinajstić information content (AvgIpc) is 4.10. The van der Waals surface area contributed by atoms with Crippen molar-refractivity contribution < 1.29 is 68.5 Å². The molecule has 23 nitrogen and oxygen atoms in total. The minimum absolute atomic E-state index is 0.00205. The number of phosphoric acid groups is 1. The standard InChI is InChI=1S/C44H59F2N9O14P2SSi2/c1-24(2)73(60,25(3)4)69-74(26(5)6,27(7)8)68-36-31-20-63-71(59,72)67-35-30(64-43(33(35)46)55-23-50-34-38(48-21-49-40(34)55)52-41(56)28-14-11-10-12-15-28)19-62-70(58,61-17-13-16-47)66-37(36)44(65-31)54-18-29(45)32-39(54)51-22-53(9)42(32)57/h10-12,14-15,18,21-27,30-31,33,35-37,43-44,60H,13,17,19-20H2,1-9H3,(H,59,72)(H,48,49,52,56)/t30?,31-,33+,35+,36+,37+,43+,44+,70?,71?/m0/s1. The Balaban J connectivity index is 1.21. The highest BCUT2D eigenvalue weighted by atomic mass is 32.5. The zero-order chi connectivity index (χ0) is 53.7. The van der Waals surface area contributed by atoms with Gasteiger partial charge < -0.3 is 46.7 Å². The summed E-state index contributed by atoms with van der Waals surface area (Å²) in [5.41, 5.74) is -2.03. The first-order chi connectivity index (χ1) is 34.9. The Hall–Kier alpha value is -4.12. The van der Waals surface area contributed by atoms with E-state index in [0.717, 1.165) is 21.7 Å². The fraction of sp³-hybridized carbons (Fsp3) is 0.568. The van der Waals surface area contributed by atoms with Gasteiger partial charge in [0.2, 0.25) is 0 Å². The lowest BCUT2D eigenvalue weighted by atomic mass is 10.1. The number of imidazole rings is 1. The molecule has 30 heteroatoms. The molecule has 74 heavy (non-hydrogen) atoms. The topological polar surface area (TPSA) is 277 Å². The number of fused-ring (bicyclic) bond motifs is 5. The highest BCUT2D eigenvalue weighted by Gasteiger charge is 2.61. The van der Waals surface area contributed by atoms with Crippen LogP contribution in [-0.4, -0.2) is 123 Å². The van der Waals surface area contributed by atoms with E-state index < -0.39 is 134 Å². The number of rotatable bonds is 15. The maximum atomic E-state index is 17.2. The third kappa shape index (κ3) is 10.9. The van der Waals surface area contributed by atoms with E-state index in [2.05, 4.69) is 25.3 Å². The molecule has 8 rings (SSSR count). The van der Waals surface area contributed by atoms with E-state index in [4.69, 9.17) is 52.4 Å². The summed E-state index contributed by atoms with van der Waals surface area (Å²) in [7, 11) is -11.2. The number of nitrogens with one attached hydrogen (secondary N) is 1. The number of hydrogen-bond donors (Lipinski definition) is 3. The van der Waals surface area contributed by atoms with Gasteiger partial charge in [-0.25, -0.2) is 33.3 Å². The number of nitrogens with zero attached hydrogens (tertiary/aromatic N) is 8. The Bertz CT molecular complexity index is 3040. The number of carbonyl (C=O) groups is 1. The van der Waals surface area contributed by atoms with Crippen molar-refractivity contribution in [3.63, 3.8) is 0 Å². The number of aromatic nitrogens is 7. The lowest BCUT2D eigenvalue weighted by molar-refractivity contribution is -0.0665. The zero-order valence-corrected chi connectivity index (χ0v) is 46.5. The second-order valence-corrected chi connectivity index (χ2v) is 32.4. The van der Waals surface area contributed by atoms with Crippen LogP contribution in [0.3, 0.4) is 0 Å². The number of anilines is 1. The predicted molar refractivity (Wildman–Crippen MR) is 269 cm³/mol. The predicted octanol–water partition coefficient (Wildman–Crippen LogP) is 7.09. The van der Waals surface area contributed by atoms with Crippen molar-refractivity contribution in [1.29, 1.82) is 5.26 Å². The summed E-state index contributed by atoms with van der Waals surface area (Å²) in [4.78, 5) is 67.9. The molecular formula is C44H59F2N9O14P2SSi2. The zero-order valence-electron chi connectivity index (χ0n) is 41.9. The van der Waals surface area contributed by atoms with Crippen LogP contribution in [-0.2, 0) is 64.1 Å². The Labute approximate surface area is 431 Å². The van der Waals surface area contributed by atoms with Crippen molar-refractivity contribution in [2.45, 2.75) is 133 Å². The van der Waals surface area contributed by atoms with E-state index in [9.17, 15) is 24.5 Å². The highest BCUT2D eigenvalue weighted by molar-refractivity contribution is 8.07. The van der Waals surface area contributed by atoms with Crippen LogP contribution in [0.4, 0.5) is 14.6 Å². The summed E-state index contributed by atoms with van der Waals surface area (Å²) >= 11 is 5.55. The number of phosphoric ester groups is 1. The van der Waals surface area contributed by atoms with Crippen molar-refractivity contribution >= 4 is 77.4 Å².